The number of esters is 1. The van der Waals surface area contributed by atoms with Gasteiger partial charge in [0.1, 0.15) is 17.4 Å². The summed E-state index contributed by atoms with van der Waals surface area (Å²) in [5.74, 6) is -2.84. The second kappa shape index (κ2) is 9.56. The van der Waals surface area contributed by atoms with Crippen LogP contribution >= 0.6 is 0 Å². The molecule has 0 aliphatic carbocycles. The maximum atomic E-state index is 11.8. The Morgan fingerprint density at radius 2 is 1.70 bits per heavy atom. The van der Waals surface area contributed by atoms with Crippen molar-refractivity contribution in [1.29, 1.82) is 0 Å². The van der Waals surface area contributed by atoms with Crippen molar-refractivity contribution in [2.24, 2.45) is 0 Å². The predicted molar refractivity (Wildman–Crippen MR) is 93.7 cm³/mol. The fraction of sp³-hybridized carbons (Fsp3) is 0.444. The maximum absolute atomic E-state index is 11.8. The molecule has 0 aliphatic rings. The third-order valence-electron chi connectivity index (χ3n) is 3.16. The monoisotopic (exact) mass is 381 g/mol. The van der Waals surface area contributed by atoms with Gasteiger partial charge in [0, 0.05) is 12.0 Å². The first-order valence-corrected chi connectivity index (χ1v) is 8.11. The molecule has 9 heteroatoms. The molecule has 1 amide bonds. The van der Waals surface area contributed by atoms with Gasteiger partial charge in [0.2, 0.25) is 0 Å². The topological polar surface area (TPSA) is 128 Å². The quantitative estimate of drug-likeness (QED) is 0.396. The van der Waals surface area contributed by atoms with E-state index in [9.17, 15) is 19.2 Å². The molecule has 1 atom stereocenters. The summed E-state index contributed by atoms with van der Waals surface area (Å²) in [6.07, 6.45) is -0.642. The number of carbonyl (C=O) groups is 4. The van der Waals surface area contributed by atoms with Crippen LogP contribution < -0.4 is 10.1 Å². The zero-order valence-electron chi connectivity index (χ0n) is 15.6. The largest absolute Gasteiger partial charge is 0.494 e. The van der Waals surface area contributed by atoms with E-state index in [1.54, 1.807) is 20.8 Å². The number of methoxy groups -OCH3 is 1. The molecule has 0 saturated carbocycles. The molecular weight excluding hydrogens is 358 g/mol. The number of ketones is 1. The van der Waals surface area contributed by atoms with E-state index in [1.807, 2.05) is 0 Å². The van der Waals surface area contributed by atoms with Crippen molar-refractivity contribution in [1.82, 2.24) is 5.32 Å². The van der Waals surface area contributed by atoms with Gasteiger partial charge >= 0.3 is 18.0 Å². The highest BCUT2D eigenvalue weighted by molar-refractivity contribution is 6.39. The number of alkyl carbamates (subject to hydrolysis) is 1. The fourth-order valence-corrected chi connectivity index (χ4v) is 1.96. The highest BCUT2D eigenvalue weighted by Gasteiger charge is 2.25. The summed E-state index contributed by atoms with van der Waals surface area (Å²) in [5, 5.41) is 11.1. The van der Waals surface area contributed by atoms with Gasteiger partial charge in [-0.3, -0.25) is 4.79 Å². The normalized spacial score (nSPS) is 11.9. The van der Waals surface area contributed by atoms with Crippen LogP contribution in [0.1, 0.15) is 37.6 Å². The zero-order chi connectivity index (χ0) is 20.6. The lowest BCUT2D eigenvalue weighted by molar-refractivity contribution is -0.143. The third-order valence-corrected chi connectivity index (χ3v) is 3.16. The van der Waals surface area contributed by atoms with Crippen LogP contribution in [0.5, 0.6) is 5.75 Å². The first kappa shape index (κ1) is 21.9. The summed E-state index contributed by atoms with van der Waals surface area (Å²) in [7, 11) is 1.20. The number of amides is 1. The van der Waals surface area contributed by atoms with Crippen LogP contribution in [-0.2, 0) is 19.1 Å². The van der Waals surface area contributed by atoms with E-state index >= 15 is 0 Å². The van der Waals surface area contributed by atoms with Crippen molar-refractivity contribution in [2.45, 2.75) is 38.8 Å². The van der Waals surface area contributed by atoms with Gasteiger partial charge in [-0.25, -0.2) is 14.4 Å². The number of hydrogen-bond donors (Lipinski definition) is 2. The second-order valence-electron chi connectivity index (χ2n) is 6.52. The van der Waals surface area contributed by atoms with Crippen molar-refractivity contribution in [3.05, 3.63) is 29.8 Å². The minimum Gasteiger partial charge on any atom is -0.494 e. The van der Waals surface area contributed by atoms with E-state index in [0.717, 1.165) is 0 Å². The molecule has 2 N–H and O–H groups in total. The standard InChI is InChI=1S/C18H23NO8/c1-18(2,3)27-17(24)19-13(16(23)25-4)9-10-26-12-7-5-11(6-8-12)14(20)15(21)22/h5-8,13H,9-10H2,1-4H3,(H,19,24)(H,21,22)/t13-/m1/s1. The van der Waals surface area contributed by atoms with Crippen molar-refractivity contribution < 1.29 is 38.5 Å². The highest BCUT2D eigenvalue weighted by Crippen LogP contribution is 2.14. The Morgan fingerprint density at radius 3 is 2.19 bits per heavy atom. The molecule has 27 heavy (non-hydrogen) atoms. The van der Waals surface area contributed by atoms with Crippen molar-refractivity contribution >= 4 is 23.8 Å². The van der Waals surface area contributed by atoms with Crippen molar-refractivity contribution in [3.8, 4) is 5.75 Å². The molecule has 1 rings (SSSR count). The Kier molecular flexibility index (Phi) is 7.77. The van der Waals surface area contributed by atoms with Gasteiger partial charge in [-0.1, -0.05) is 0 Å². The second-order valence-corrected chi connectivity index (χ2v) is 6.52. The van der Waals surface area contributed by atoms with Crippen molar-refractivity contribution in [3.63, 3.8) is 0 Å². The SMILES string of the molecule is COC(=O)[C@@H](CCOc1ccc(C(=O)C(=O)O)cc1)NC(=O)OC(C)(C)C. The molecule has 1 aromatic rings. The third kappa shape index (κ3) is 7.76. The van der Waals surface area contributed by atoms with Gasteiger partial charge in [-0.15, -0.1) is 0 Å². The van der Waals surface area contributed by atoms with Crippen LogP contribution in [-0.4, -0.2) is 54.3 Å². The average molecular weight is 381 g/mol. The molecule has 148 valence electrons. The molecule has 0 fully saturated rings. The van der Waals surface area contributed by atoms with Gasteiger partial charge < -0.3 is 24.6 Å². The summed E-state index contributed by atoms with van der Waals surface area (Å²) in [6, 6.07) is 4.55. The number of carboxylic acid groups (broad SMARTS) is 1. The Balaban J connectivity index is 2.61. The summed E-state index contributed by atoms with van der Waals surface area (Å²) in [5.41, 5.74) is -0.690. The Bertz CT molecular complexity index is 690. The maximum Gasteiger partial charge on any atom is 0.408 e. The number of hydrogen-bond acceptors (Lipinski definition) is 7. The highest BCUT2D eigenvalue weighted by atomic mass is 16.6. The number of benzene rings is 1. The van der Waals surface area contributed by atoms with E-state index in [-0.39, 0.29) is 18.6 Å². The van der Waals surface area contributed by atoms with Gasteiger partial charge in [0.15, 0.2) is 0 Å². The number of aliphatic carboxylic acids is 1. The molecule has 0 aromatic heterocycles. The van der Waals surface area contributed by atoms with Crippen LogP contribution in [0.25, 0.3) is 0 Å². The molecule has 9 nitrogen and oxygen atoms in total. The lowest BCUT2D eigenvalue weighted by atomic mass is 10.1. The van der Waals surface area contributed by atoms with Gasteiger partial charge in [0.05, 0.1) is 13.7 Å². The summed E-state index contributed by atoms with van der Waals surface area (Å²) in [6.45, 7) is 5.15. The van der Waals surface area contributed by atoms with E-state index in [2.05, 4.69) is 10.1 Å². The molecule has 0 saturated heterocycles. The number of nitrogens with one attached hydrogen (secondary N) is 1. The molecule has 0 unspecified atom stereocenters. The molecule has 1 aromatic carbocycles. The van der Waals surface area contributed by atoms with E-state index in [1.165, 1.54) is 31.4 Å². The van der Waals surface area contributed by atoms with Gasteiger partial charge in [-0.2, -0.15) is 0 Å². The predicted octanol–water partition coefficient (Wildman–Crippen LogP) is 1.79. The Morgan fingerprint density at radius 1 is 1.11 bits per heavy atom. The lowest BCUT2D eigenvalue weighted by Gasteiger charge is -2.22. The summed E-state index contributed by atoms with van der Waals surface area (Å²) in [4.78, 5) is 45.6. The molecule has 0 bridgehead atoms. The lowest BCUT2D eigenvalue weighted by Crippen LogP contribution is -2.44. The van der Waals surface area contributed by atoms with E-state index < -0.39 is 35.5 Å². The van der Waals surface area contributed by atoms with Crippen LogP contribution in [0.2, 0.25) is 0 Å². The van der Waals surface area contributed by atoms with Crippen LogP contribution in [0.3, 0.4) is 0 Å². The number of rotatable bonds is 8. The van der Waals surface area contributed by atoms with Crippen molar-refractivity contribution in [2.75, 3.05) is 13.7 Å². The van der Waals surface area contributed by atoms with Crippen LogP contribution in [0.4, 0.5) is 4.79 Å². The molecule has 0 aliphatic heterocycles. The molecular formula is C18H23NO8. The summed E-state index contributed by atoms with van der Waals surface area (Å²) >= 11 is 0. The van der Waals surface area contributed by atoms with Gasteiger partial charge in [0.25, 0.3) is 5.78 Å². The molecule has 0 radical (unpaired) electrons. The number of carbonyl (C=O) groups excluding carboxylic acids is 3. The molecule has 0 heterocycles. The number of ether oxygens (including phenoxy) is 3. The first-order valence-electron chi connectivity index (χ1n) is 8.11. The minimum absolute atomic E-state index is 0.0221. The van der Waals surface area contributed by atoms with Crippen LogP contribution in [0, 0.1) is 0 Å². The number of carboxylic acids is 1. The Hall–Kier alpha value is -3.10. The Labute approximate surface area is 156 Å². The van der Waals surface area contributed by atoms with E-state index in [4.69, 9.17) is 14.6 Å². The minimum atomic E-state index is -1.54. The summed E-state index contributed by atoms with van der Waals surface area (Å²) < 4.78 is 15.2. The average Bonchev–Trinajstić information content (AvgIpc) is 2.58. The molecule has 0 spiro atoms. The fourth-order valence-electron chi connectivity index (χ4n) is 1.96. The first-order chi connectivity index (χ1) is 12.5. The zero-order valence-corrected chi connectivity index (χ0v) is 15.6. The number of Topliss-reactive ketones (excluding diaryl/α,β-unsaturated/α-hetero) is 1. The van der Waals surface area contributed by atoms with Crippen LogP contribution in [0.15, 0.2) is 24.3 Å². The van der Waals surface area contributed by atoms with E-state index in [0.29, 0.717) is 5.75 Å². The van der Waals surface area contributed by atoms with Gasteiger partial charge in [-0.05, 0) is 45.0 Å². The smallest absolute Gasteiger partial charge is 0.408 e.